The van der Waals surface area contributed by atoms with Gasteiger partial charge in [-0.15, -0.1) is 0 Å². The molecule has 0 saturated carbocycles. The number of amides is 1. The van der Waals surface area contributed by atoms with E-state index in [4.69, 9.17) is 37.7 Å². The first-order valence-corrected chi connectivity index (χ1v) is 15.2. The number of fused-ring (bicyclic) bond motifs is 2. The molecule has 42 heavy (non-hydrogen) atoms. The van der Waals surface area contributed by atoms with E-state index < -0.39 is 5.60 Å². The van der Waals surface area contributed by atoms with Gasteiger partial charge in [-0.05, 0) is 93.3 Å². The lowest BCUT2D eigenvalue weighted by molar-refractivity contribution is -0.148. The number of nitrogens with zero attached hydrogens (tertiary/aromatic N) is 3. The predicted molar refractivity (Wildman–Crippen MR) is 169 cm³/mol. The monoisotopic (exact) mass is 603 g/mol. The Hall–Kier alpha value is -3.48. The molecule has 1 unspecified atom stereocenters. The molecule has 8 heteroatoms. The largest absolute Gasteiger partial charge is 0.487 e. The predicted octanol–water partition coefficient (Wildman–Crippen LogP) is 7.48. The number of anilines is 1. The zero-order valence-electron chi connectivity index (χ0n) is 24.5. The molecule has 6 nitrogen and oxygen atoms in total. The lowest BCUT2D eigenvalue weighted by Gasteiger charge is -2.43. The van der Waals surface area contributed by atoms with E-state index in [1.165, 1.54) is 0 Å². The van der Waals surface area contributed by atoms with Crippen molar-refractivity contribution in [3.05, 3.63) is 92.6 Å². The number of pyridine rings is 1. The third kappa shape index (κ3) is 5.38. The van der Waals surface area contributed by atoms with E-state index in [1.807, 2.05) is 66.4 Å². The number of hydrogen-bond acceptors (Lipinski definition) is 5. The zero-order valence-corrected chi connectivity index (χ0v) is 26.0. The van der Waals surface area contributed by atoms with Gasteiger partial charge in [0.25, 0.3) is 5.91 Å². The summed E-state index contributed by atoms with van der Waals surface area (Å²) in [6.07, 6.45) is 1.37. The number of rotatable bonds is 5. The average molecular weight is 605 g/mol. The number of ether oxygens (including phenoxy) is 2. The van der Waals surface area contributed by atoms with E-state index in [0.29, 0.717) is 31.1 Å². The third-order valence-corrected chi connectivity index (χ3v) is 9.26. The number of carbonyl (C=O) groups is 1. The van der Waals surface area contributed by atoms with Gasteiger partial charge in [0, 0.05) is 59.3 Å². The molecule has 0 spiro atoms. The second-order valence-corrected chi connectivity index (χ2v) is 12.4. The summed E-state index contributed by atoms with van der Waals surface area (Å²) in [6, 6.07) is 17.6. The second kappa shape index (κ2) is 11.3. The van der Waals surface area contributed by atoms with E-state index in [-0.39, 0.29) is 5.91 Å². The van der Waals surface area contributed by atoms with Crippen molar-refractivity contribution in [2.45, 2.75) is 52.7 Å². The fraction of sp³-hybridized carbons (Fsp3) is 0.353. The van der Waals surface area contributed by atoms with Crippen LogP contribution in [0.15, 0.2) is 54.6 Å². The summed E-state index contributed by atoms with van der Waals surface area (Å²) in [5, 5.41) is 2.43. The summed E-state index contributed by atoms with van der Waals surface area (Å²) in [4.78, 5) is 22.8. The normalized spacial score (nSPS) is 18.5. The molecule has 2 aliphatic heterocycles. The van der Waals surface area contributed by atoms with E-state index in [2.05, 4.69) is 25.7 Å². The van der Waals surface area contributed by atoms with Crippen LogP contribution in [0.5, 0.6) is 11.5 Å². The molecule has 0 aliphatic carbocycles. The number of halogens is 2. The summed E-state index contributed by atoms with van der Waals surface area (Å²) in [5.74, 6) is 1.73. The molecule has 3 heterocycles. The van der Waals surface area contributed by atoms with Gasteiger partial charge in [0.05, 0.1) is 11.2 Å². The van der Waals surface area contributed by atoms with E-state index in [0.717, 1.165) is 80.6 Å². The van der Waals surface area contributed by atoms with Gasteiger partial charge in [0.2, 0.25) is 0 Å². The lowest BCUT2D eigenvalue weighted by atomic mass is 9.86. The van der Waals surface area contributed by atoms with Gasteiger partial charge in [-0.2, -0.15) is 0 Å². The van der Waals surface area contributed by atoms with Gasteiger partial charge in [-0.1, -0.05) is 35.3 Å². The standard InChI is InChI=1S/C34H35Cl2N3O3/c1-21-22(2)32-29(23(3)31(21)41-20-27-10-6-24-5-7-26(36)19-30(24)37-27)13-14-34(4,42-32)33(40)39-17-15-38(16-18-39)28-11-8-25(35)9-12-28/h5-12,19H,13-18,20H2,1-4H3. The summed E-state index contributed by atoms with van der Waals surface area (Å²) in [7, 11) is 0. The third-order valence-electron chi connectivity index (χ3n) is 8.78. The summed E-state index contributed by atoms with van der Waals surface area (Å²) < 4.78 is 13.0. The van der Waals surface area contributed by atoms with Crippen LogP contribution in [0.2, 0.25) is 10.0 Å². The molecule has 4 aromatic rings. The maximum atomic E-state index is 13.8. The van der Waals surface area contributed by atoms with Gasteiger partial charge in [0.1, 0.15) is 18.1 Å². The Morgan fingerprint density at radius 1 is 0.929 bits per heavy atom. The minimum atomic E-state index is -0.905. The Bertz CT molecular complexity index is 1670. The van der Waals surface area contributed by atoms with E-state index in [1.54, 1.807) is 0 Å². The Morgan fingerprint density at radius 2 is 1.62 bits per heavy atom. The van der Waals surface area contributed by atoms with Crippen molar-refractivity contribution in [2.24, 2.45) is 0 Å². The Kier molecular flexibility index (Phi) is 7.71. The molecule has 1 fully saturated rings. The van der Waals surface area contributed by atoms with Gasteiger partial charge in [0.15, 0.2) is 5.60 Å². The maximum Gasteiger partial charge on any atom is 0.266 e. The molecule has 1 amide bonds. The molecule has 0 bridgehead atoms. The first-order valence-electron chi connectivity index (χ1n) is 14.4. The van der Waals surface area contributed by atoms with E-state index >= 15 is 0 Å². The number of piperazine rings is 1. The highest BCUT2D eigenvalue weighted by molar-refractivity contribution is 6.31. The van der Waals surface area contributed by atoms with Crippen LogP contribution < -0.4 is 14.4 Å². The highest BCUT2D eigenvalue weighted by atomic mass is 35.5. The number of benzene rings is 3. The van der Waals surface area contributed by atoms with Crippen LogP contribution in [-0.4, -0.2) is 47.6 Å². The molecular formula is C34H35Cl2N3O3. The molecule has 1 aromatic heterocycles. The van der Waals surface area contributed by atoms with Gasteiger partial charge in [-0.25, -0.2) is 4.98 Å². The van der Waals surface area contributed by atoms with Crippen molar-refractivity contribution in [2.75, 3.05) is 31.1 Å². The Labute approximate surface area is 257 Å². The highest BCUT2D eigenvalue weighted by Crippen LogP contribution is 2.44. The lowest BCUT2D eigenvalue weighted by Crippen LogP contribution is -2.57. The van der Waals surface area contributed by atoms with E-state index in [9.17, 15) is 4.79 Å². The van der Waals surface area contributed by atoms with Crippen LogP contribution in [0.3, 0.4) is 0 Å². The number of aromatic nitrogens is 1. The van der Waals surface area contributed by atoms with Crippen LogP contribution in [0, 0.1) is 20.8 Å². The van der Waals surface area contributed by atoms with Crippen molar-refractivity contribution in [3.63, 3.8) is 0 Å². The molecule has 1 saturated heterocycles. The molecule has 6 rings (SSSR count). The zero-order chi connectivity index (χ0) is 29.6. The molecule has 3 aromatic carbocycles. The average Bonchev–Trinajstić information content (AvgIpc) is 3.00. The Balaban J connectivity index is 1.16. The molecule has 0 radical (unpaired) electrons. The van der Waals surface area contributed by atoms with Crippen molar-refractivity contribution >= 4 is 45.7 Å². The van der Waals surface area contributed by atoms with Gasteiger partial charge in [-0.3, -0.25) is 4.79 Å². The van der Waals surface area contributed by atoms with Crippen LogP contribution in [0.1, 0.15) is 41.3 Å². The minimum absolute atomic E-state index is 0.0569. The first kappa shape index (κ1) is 28.6. The quantitative estimate of drug-likeness (QED) is 0.237. The smallest absolute Gasteiger partial charge is 0.266 e. The van der Waals surface area contributed by atoms with Crippen LogP contribution >= 0.6 is 23.2 Å². The maximum absolute atomic E-state index is 13.8. The second-order valence-electron chi connectivity index (χ2n) is 11.5. The summed E-state index contributed by atoms with van der Waals surface area (Å²) in [5.41, 5.74) is 6.11. The van der Waals surface area contributed by atoms with Crippen molar-refractivity contribution in [3.8, 4) is 11.5 Å². The minimum Gasteiger partial charge on any atom is -0.487 e. The fourth-order valence-corrected chi connectivity index (χ4v) is 6.41. The summed E-state index contributed by atoms with van der Waals surface area (Å²) in [6.45, 7) is 11.3. The highest BCUT2D eigenvalue weighted by Gasteiger charge is 2.43. The Morgan fingerprint density at radius 3 is 2.36 bits per heavy atom. The molecule has 0 N–H and O–H groups in total. The van der Waals surface area contributed by atoms with Gasteiger partial charge >= 0.3 is 0 Å². The van der Waals surface area contributed by atoms with Crippen molar-refractivity contribution in [1.29, 1.82) is 0 Å². The van der Waals surface area contributed by atoms with Crippen molar-refractivity contribution < 1.29 is 14.3 Å². The molecule has 218 valence electrons. The number of carbonyl (C=O) groups excluding carboxylic acids is 1. The first-order chi connectivity index (χ1) is 20.1. The molecule has 2 aliphatic rings. The van der Waals surface area contributed by atoms with Crippen LogP contribution in [0.25, 0.3) is 10.9 Å². The summed E-state index contributed by atoms with van der Waals surface area (Å²) >= 11 is 12.2. The van der Waals surface area contributed by atoms with Crippen LogP contribution in [0.4, 0.5) is 5.69 Å². The van der Waals surface area contributed by atoms with Gasteiger partial charge < -0.3 is 19.3 Å². The van der Waals surface area contributed by atoms with Crippen LogP contribution in [-0.2, 0) is 17.8 Å². The molecular weight excluding hydrogens is 569 g/mol. The number of hydrogen-bond donors (Lipinski definition) is 0. The molecule has 1 atom stereocenters. The fourth-order valence-electron chi connectivity index (χ4n) is 6.11. The van der Waals surface area contributed by atoms with Crippen molar-refractivity contribution in [1.82, 2.24) is 9.88 Å². The topological polar surface area (TPSA) is 54.9 Å². The SMILES string of the molecule is Cc1c(C)c2c(c(C)c1OCc1ccc3ccc(Cl)cc3n1)CCC(C)(C(=O)N1CCN(c3ccc(Cl)cc3)CC1)O2.